The molecule has 0 heterocycles. The Morgan fingerprint density at radius 3 is 1.31 bits per heavy atom. The van der Waals surface area contributed by atoms with Crippen molar-refractivity contribution in [1.29, 1.82) is 0 Å². The zero-order valence-corrected chi connectivity index (χ0v) is 58.8. The van der Waals surface area contributed by atoms with Gasteiger partial charge in [-0.25, -0.2) is 9.59 Å². The highest BCUT2D eigenvalue weighted by Gasteiger charge is 2.29. The highest BCUT2D eigenvalue weighted by Crippen LogP contribution is 2.30. The second-order valence-corrected chi connectivity index (χ2v) is 28.1. The Kier molecular flexibility index (Phi) is 45.7. The number of ether oxygens (including phenoxy) is 12. The molecule has 0 aromatic carbocycles. The minimum Gasteiger partial charge on any atom is -0.444 e. The van der Waals surface area contributed by atoms with E-state index in [1.54, 1.807) is 18.7 Å². The fraction of sp³-hybridized carbons (Fsp3) is 0.908. The van der Waals surface area contributed by atoms with E-state index in [0.717, 1.165) is 12.8 Å². The van der Waals surface area contributed by atoms with Gasteiger partial charge in [0.25, 0.3) is 0 Å². The van der Waals surface area contributed by atoms with Crippen molar-refractivity contribution in [1.82, 2.24) is 31.5 Å². The number of amides is 7. The van der Waals surface area contributed by atoms with Crippen molar-refractivity contribution >= 4 is 35.8 Å². The molecule has 7 N–H and O–H groups in total. The van der Waals surface area contributed by atoms with Crippen LogP contribution in [0, 0.1) is 21.7 Å². The van der Waals surface area contributed by atoms with Gasteiger partial charge in [0.15, 0.2) is 0 Å². The van der Waals surface area contributed by atoms with Crippen molar-refractivity contribution in [2.75, 3.05) is 178 Å². The molecule has 0 spiro atoms. The predicted molar refractivity (Wildman–Crippen MR) is 347 cm³/mol. The summed E-state index contributed by atoms with van der Waals surface area (Å²) in [7, 11) is 0. The molecular weight excluding hydrogens is 1170 g/mol. The van der Waals surface area contributed by atoms with Crippen LogP contribution in [0.15, 0.2) is 0 Å². The van der Waals surface area contributed by atoms with Crippen molar-refractivity contribution in [2.24, 2.45) is 27.4 Å². The fourth-order valence-electron chi connectivity index (χ4n) is 7.67. The van der Waals surface area contributed by atoms with Gasteiger partial charge in [-0.3, -0.25) is 19.2 Å². The number of nitrogens with one attached hydrogen (secondary N) is 5. The highest BCUT2D eigenvalue weighted by molar-refractivity contribution is 5.81. The summed E-state index contributed by atoms with van der Waals surface area (Å²) >= 11 is 0. The first kappa shape index (κ1) is 86.0. The van der Waals surface area contributed by atoms with E-state index in [-0.39, 0.29) is 79.8 Å². The third kappa shape index (κ3) is 52.5. The van der Waals surface area contributed by atoms with Crippen LogP contribution in [-0.4, -0.2) is 235 Å². The number of nitrogens with two attached hydrogens (primary N) is 1. The van der Waals surface area contributed by atoms with Crippen LogP contribution in [0.5, 0.6) is 0 Å². The quantitative estimate of drug-likeness (QED) is 0.0344. The number of hydrogen-bond donors (Lipinski definition) is 6. The van der Waals surface area contributed by atoms with E-state index in [2.05, 4.69) is 61.2 Å². The second kappa shape index (κ2) is 47.8. The molecule has 0 unspecified atom stereocenters. The first-order chi connectivity index (χ1) is 42.1. The summed E-state index contributed by atoms with van der Waals surface area (Å²) in [6.45, 7) is 41.7. The third-order valence-corrected chi connectivity index (χ3v) is 14.2. The average molecular weight is 1290 g/mol. The number of hydrogen-bond acceptors (Lipinski definition) is 18. The Bertz CT molecular complexity index is 1930. The molecule has 25 nitrogen and oxygen atoms in total. The molecule has 0 saturated carbocycles. The van der Waals surface area contributed by atoms with E-state index in [0.29, 0.717) is 184 Å². The van der Waals surface area contributed by atoms with Crippen LogP contribution in [0.25, 0.3) is 0 Å². The summed E-state index contributed by atoms with van der Waals surface area (Å²) in [6.07, 6.45) is 5.09. The summed E-state index contributed by atoms with van der Waals surface area (Å²) in [5.41, 5.74) is 2.90. The number of rotatable bonds is 57. The summed E-state index contributed by atoms with van der Waals surface area (Å²) in [4.78, 5) is 75.9. The molecule has 0 atom stereocenters. The SMILES string of the molecule is CC(C)(C)CCC(C)(C)CNC(=O)NC(C)(C)CCOCCCNC(=O)C(C)(C)CCOCCNC(=O)CCOCCOCCOCCOCCN(CCOCCOCCOCCOCCC(=O)NCCC(C)(C)OCCC(C)(C)C(N)=O)C(=O)OC(C)(C)C. The summed E-state index contributed by atoms with van der Waals surface area (Å²) in [5.74, 6) is -0.674. The lowest BCUT2D eigenvalue weighted by atomic mass is 9.80. The first-order valence-corrected chi connectivity index (χ1v) is 32.6. The Hall–Kier alpha value is -4.02. The van der Waals surface area contributed by atoms with Crippen LogP contribution >= 0.6 is 0 Å². The Balaban J connectivity index is 3.93. The summed E-state index contributed by atoms with van der Waals surface area (Å²) < 4.78 is 67.8. The van der Waals surface area contributed by atoms with Gasteiger partial charge in [-0.15, -0.1) is 0 Å². The molecule has 0 aliphatic rings. The third-order valence-electron chi connectivity index (χ3n) is 14.2. The highest BCUT2D eigenvalue weighted by atomic mass is 16.6. The lowest BCUT2D eigenvalue weighted by Crippen LogP contribution is -2.50. The fourth-order valence-corrected chi connectivity index (χ4v) is 7.67. The van der Waals surface area contributed by atoms with Crippen molar-refractivity contribution in [3.8, 4) is 0 Å². The second-order valence-electron chi connectivity index (χ2n) is 28.1. The van der Waals surface area contributed by atoms with Gasteiger partial charge in [-0.2, -0.15) is 0 Å². The predicted octanol–water partition coefficient (Wildman–Crippen LogP) is 6.73. The van der Waals surface area contributed by atoms with Gasteiger partial charge < -0.3 is 94.1 Å². The van der Waals surface area contributed by atoms with Gasteiger partial charge >= 0.3 is 12.1 Å². The van der Waals surface area contributed by atoms with E-state index in [1.807, 2.05) is 62.3 Å². The van der Waals surface area contributed by atoms with Crippen molar-refractivity contribution in [2.45, 2.75) is 185 Å². The monoisotopic (exact) mass is 1290 g/mol. The largest absolute Gasteiger partial charge is 0.444 e. The zero-order valence-electron chi connectivity index (χ0n) is 58.8. The molecular formula is C65H127N7O18. The number of carbonyl (C=O) groups excluding carboxylic acids is 6. The van der Waals surface area contributed by atoms with Crippen LogP contribution in [0.4, 0.5) is 9.59 Å². The van der Waals surface area contributed by atoms with Gasteiger partial charge in [-0.05, 0) is 104 Å². The number of primary amides is 1. The molecule has 0 bridgehead atoms. The maximum Gasteiger partial charge on any atom is 0.410 e. The molecule has 0 saturated heterocycles. The molecule has 0 radical (unpaired) electrons. The van der Waals surface area contributed by atoms with Gasteiger partial charge in [-0.1, -0.05) is 62.3 Å². The molecule has 0 aromatic rings. The Labute approximate surface area is 541 Å². The van der Waals surface area contributed by atoms with E-state index in [9.17, 15) is 28.8 Å². The Morgan fingerprint density at radius 2 is 0.833 bits per heavy atom. The van der Waals surface area contributed by atoms with Crippen LogP contribution in [0.1, 0.15) is 169 Å². The number of carbonyl (C=O) groups is 6. The summed E-state index contributed by atoms with van der Waals surface area (Å²) in [5, 5.41) is 14.8. The lowest BCUT2D eigenvalue weighted by molar-refractivity contribution is -0.130. The smallest absolute Gasteiger partial charge is 0.410 e. The van der Waals surface area contributed by atoms with E-state index >= 15 is 0 Å². The minimum atomic E-state index is -0.661. The van der Waals surface area contributed by atoms with Gasteiger partial charge in [0.2, 0.25) is 23.6 Å². The van der Waals surface area contributed by atoms with Crippen molar-refractivity contribution in [3.05, 3.63) is 0 Å². The molecule has 25 heteroatoms. The minimum absolute atomic E-state index is 0.0140. The maximum atomic E-state index is 12.9. The van der Waals surface area contributed by atoms with Crippen LogP contribution in [0.3, 0.4) is 0 Å². The van der Waals surface area contributed by atoms with Crippen LogP contribution < -0.4 is 32.3 Å². The lowest BCUT2D eigenvalue weighted by Gasteiger charge is -2.31. The normalized spacial score (nSPS) is 12.6. The molecule has 7 amide bonds. The molecule has 90 heavy (non-hydrogen) atoms. The average Bonchev–Trinajstić information content (AvgIpc) is 3.60. The first-order valence-electron chi connectivity index (χ1n) is 32.6. The van der Waals surface area contributed by atoms with E-state index < -0.39 is 33.7 Å². The molecule has 0 rings (SSSR count). The van der Waals surface area contributed by atoms with Crippen LogP contribution in [-0.2, 0) is 76.0 Å². The van der Waals surface area contributed by atoms with E-state index in [4.69, 9.17) is 62.6 Å². The van der Waals surface area contributed by atoms with E-state index in [1.165, 1.54) is 0 Å². The van der Waals surface area contributed by atoms with Crippen molar-refractivity contribution < 1.29 is 85.6 Å². The van der Waals surface area contributed by atoms with Crippen LogP contribution in [0.2, 0.25) is 0 Å². The van der Waals surface area contributed by atoms with Gasteiger partial charge in [0.05, 0.1) is 118 Å². The number of nitrogens with zero attached hydrogens (tertiary/aromatic N) is 1. The maximum absolute atomic E-state index is 12.9. The number of urea groups is 1. The molecule has 530 valence electrons. The summed E-state index contributed by atoms with van der Waals surface area (Å²) in [6, 6.07) is -0.173. The van der Waals surface area contributed by atoms with Crippen molar-refractivity contribution in [3.63, 3.8) is 0 Å². The standard InChI is InChI=1S/C65H127N7O18/c1-59(2,3)20-21-61(7,8)52-70-57(77)71-64(13,14)25-35-79-31-17-26-69-56(76)63(11,12)23-34-82-37-28-68-54(74)19-33-81-41-45-86-49-51-88-47-43-84-39-30-72(58(78)90-60(4,5)6)29-38-83-42-46-87-50-48-85-44-40-80-32-18-53(73)67-27-22-65(15,16)89-36-24-62(9,10)55(66)75/h17-52H2,1-16H3,(H2,66,75)(H,67,73)(H,68,74)(H,69,76)(H2,70,71,77). The zero-order chi connectivity index (χ0) is 68.0. The molecule has 0 aliphatic carbocycles. The van der Waals surface area contributed by atoms with Gasteiger partial charge in [0, 0.05) is 94.9 Å². The van der Waals surface area contributed by atoms with Gasteiger partial charge in [0.1, 0.15) is 5.60 Å². The molecule has 0 aliphatic heterocycles. The Morgan fingerprint density at radius 1 is 0.400 bits per heavy atom. The molecule has 0 fully saturated rings. The topological polar surface area (TPSA) is 303 Å². The molecule has 0 aromatic heterocycles.